The van der Waals surface area contributed by atoms with E-state index in [2.05, 4.69) is 28.1 Å². The molecule has 1 N–H and O–H groups in total. The van der Waals surface area contributed by atoms with E-state index in [1.54, 1.807) is 18.9 Å². The van der Waals surface area contributed by atoms with Crippen LogP contribution in [0.1, 0.15) is 26.3 Å². The number of hydrogen-bond donors (Lipinski definition) is 2. The summed E-state index contributed by atoms with van der Waals surface area (Å²) in [5.74, 6) is 0.365. The van der Waals surface area contributed by atoms with Crippen molar-refractivity contribution < 1.29 is 27.5 Å². The van der Waals surface area contributed by atoms with Crippen molar-refractivity contribution >= 4 is 53.6 Å². The van der Waals surface area contributed by atoms with Crippen molar-refractivity contribution in [1.82, 2.24) is 9.97 Å². The molecule has 0 saturated carbocycles. The molecule has 1 aromatic heterocycles. The van der Waals surface area contributed by atoms with Crippen LogP contribution < -0.4 is 19.4 Å². The van der Waals surface area contributed by atoms with Gasteiger partial charge < -0.3 is 19.9 Å². The molecule has 1 aliphatic heterocycles. The number of benzene rings is 1. The van der Waals surface area contributed by atoms with E-state index in [0.717, 1.165) is 12.1 Å². The Hall–Kier alpha value is -3.22. The van der Waals surface area contributed by atoms with Crippen molar-refractivity contribution in [3.8, 4) is 0 Å². The summed E-state index contributed by atoms with van der Waals surface area (Å²) in [4.78, 5) is 36.0. The van der Waals surface area contributed by atoms with E-state index >= 15 is 0 Å². The zero-order valence-corrected chi connectivity index (χ0v) is 19.2. The normalized spacial score (nSPS) is 13.8. The molecule has 9 nitrogen and oxygen atoms in total. The molecule has 0 unspecified atom stereocenters. The molecule has 0 aliphatic carbocycles. The predicted molar refractivity (Wildman–Crippen MR) is 121 cm³/mol. The highest BCUT2D eigenvalue weighted by Gasteiger charge is 2.33. The quantitative estimate of drug-likeness (QED) is 0.614. The van der Waals surface area contributed by atoms with Gasteiger partial charge in [-0.1, -0.05) is 12.8 Å². The van der Waals surface area contributed by atoms with Crippen molar-refractivity contribution in [2.24, 2.45) is 0 Å². The molecular formula is C20H23F3N6O3S. The van der Waals surface area contributed by atoms with Crippen LogP contribution in [-0.2, 0) is 15.7 Å². The lowest BCUT2D eigenvalue weighted by Gasteiger charge is -2.36. The van der Waals surface area contributed by atoms with Gasteiger partial charge in [0.05, 0.1) is 30.6 Å². The number of carbonyl (C=O) groups is 2. The van der Waals surface area contributed by atoms with Crippen molar-refractivity contribution in [3.63, 3.8) is 0 Å². The SMILES string of the molecule is CCOC(=O)N(S)c1cc(Nc2ncc3c(n2)N(C(C)C)CC(=O)N3C)cc(C(F)(F)F)c1. The minimum Gasteiger partial charge on any atom is -0.449 e. The van der Waals surface area contributed by atoms with Crippen LogP contribution in [0.3, 0.4) is 0 Å². The molecule has 0 spiro atoms. The van der Waals surface area contributed by atoms with Gasteiger partial charge in [0.25, 0.3) is 0 Å². The Morgan fingerprint density at radius 1 is 1.33 bits per heavy atom. The van der Waals surface area contributed by atoms with Crippen LogP contribution in [0, 0.1) is 0 Å². The van der Waals surface area contributed by atoms with Crippen molar-refractivity contribution in [3.05, 3.63) is 30.0 Å². The summed E-state index contributed by atoms with van der Waals surface area (Å²) in [5, 5.41) is 2.75. The number of fused-ring (bicyclic) bond motifs is 1. The van der Waals surface area contributed by atoms with Gasteiger partial charge in [0, 0.05) is 18.8 Å². The molecule has 13 heteroatoms. The lowest BCUT2D eigenvalue weighted by atomic mass is 10.1. The molecule has 2 aromatic rings. The Balaban J connectivity index is 2.01. The third kappa shape index (κ3) is 5.24. The number of likely N-dealkylation sites (N-methyl/N-ethyl adjacent to an activating group) is 1. The number of alkyl halides is 3. The first kappa shape index (κ1) is 24.4. The van der Waals surface area contributed by atoms with Crippen molar-refractivity contribution in [2.75, 3.05) is 39.6 Å². The van der Waals surface area contributed by atoms with Gasteiger partial charge in [-0.15, -0.1) is 0 Å². The van der Waals surface area contributed by atoms with Gasteiger partial charge in [-0.2, -0.15) is 18.2 Å². The van der Waals surface area contributed by atoms with Crippen LogP contribution in [0.5, 0.6) is 0 Å². The van der Waals surface area contributed by atoms with Gasteiger partial charge in [-0.3, -0.25) is 4.79 Å². The Labute approximate surface area is 194 Å². The summed E-state index contributed by atoms with van der Waals surface area (Å²) in [6, 6.07) is 2.89. The Morgan fingerprint density at radius 3 is 2.64 bits per heavy atom. The molecule has 0 fully saturated rings. The summed E-state index contributed by atoms with van der Waals surface area (Å²) < 4.78 is 45.9. The summed E-state index contributed by atoms with van der Waals surface area (Å²) in [7, 11) is 1.60. The molecule has 1 aromatic carbocycles. The van der Waals surface area contributed by atoms with Crippen LogP contribution in [0.4, 0.5) is 46.8 Å². The van der Waals surface area contributed by atoms with Gasteiger partial charge in [0.15, 0.2) is 5.82 Å². The van der Waals surface area contributed by atoms with Crippen molar-refractivity contribution in [2.45, 2.75) is 33.0 Å². The average molecular weight is 485 g/mol. The van der Waals surface area contributed by atoms with E-state index in [1.165, 1.54) is 17.2 Å². The van der Waals surface area contributed by atoms with Crippen molar-refractivity contribution in [1.29, 1.82) is 0 Å². The number of hydrogen-bond acceptors (Lipinski definition) is 8. The first-order chi connectivity index (χ1) is 15.4. The Morgan fingerprint density at radius 2 is 2.03 bits per heavy atom. The number of rotatable bonds is 5. The lowest BCUT2D eigenvalue weighted by Crippen LogP contribution is -2.47. The summed E-state index contributed by atoms with van der Waals surface area (Å²) in [5.41, 5.74) is -0.683. The topological polar surface area (TPSA) is 90.9 Å². The first-order valence-electron chi connectivity index (χ1n) is 9.97. The molecule has 33 heavy (non-hydrogen) atoms. The maximum atomic E-state index is 13.5. The molecular weight excluding hydrogens is 461 g/mol. The number of halogens is 3. The lowest BCUT2D eigenvalue weighted by molar-refractivity contribution is -0.137. The van der Waals surface area contributed by atoms with Crippen LogP contribution in [-0.4, -0.2) is 48.2 Å². The number of carbonyl (C=O) groups excluding carboxylic acids is 2. The zero-order valence-electron chi connectivity index (χ0n) is 18.3. The van der Waals surface area contributed by atoms with Crippen LogP contribution in [0.25, 0.3) is 0 Å². The summed E-state index contributed by atoms with van der Waals surface area (Å²) >= 11 is 3.97. The highest BCUT2D eigenvalue weighted by atomic mass is 32.1. The number of nitrogens with one attached hydrogen (secondary N) is 1. The van der Waals surface area contributed by atoms with E-state index in [-0.39, 0.29) is 42.4 Å². The van der Waals surface area contributed by atoms with E-state index in [1.807, 2.05) is 13.8 Å². The third-order valence-electron chi connectivity index (χ3n) is 4.87. The minimum absolute atomic E-state index is 0.0144. The number of ether oxygens (including phenoxy) is 1. The molecule has 2 amide bonds. The van der Waals surface area contributed by atoms with Gasteiger partial charge in [0.1, 0.15) is 5.69 Å². The number of amides is 2. The predicted octanol–water partition coefficient (Wildman–Crippen LogP) is 4.24. The fourth-order valence-corrected chi connectivity index (χ4v) is 3.32. The molecule has 0 radical (unpaired) electrons. The number of nitrogens with zero attached hydrogens (tertiary/aromatic N) is 5. The van der Waals surface area contributed by atoms with E-state index in [9.17, 15) is 22.8 Å². The summed E-state index contributed by atoms with van der Waals surface area (Å²) in [6.45, 7) is 5.50. The smallest absolute Gasteiger partial charge is 0.424 e. The highest BCUT2D eigenvalue weighted by molar-refractivity contribution is 7.82. The molecule has 0 saturated heterocycles. The van der Waals surface area contributed by atoms with Crippen LogP contribution >= 0.6 is 12.8 Å². The van der Waals surface area contributed by atoms with E-state index < -0.39 is 17.8 Å². The van der Waals surface area contributed by atoms with Crippen LogP contribution in [0.15, 0.2) is 24.4 Å². The molecule has 3 rings (SSSR count). The van der Waals surface area contributed by atoms with Gasteiger partial charge in [-0.25, -0.2) is 14.1 Å². The molecule has 0 atom stereocenters. The third-order valence-corrected chi connectivity index (χ3v) is 5.27. The molecule has 2 heterocycles. The van der Waals surface area contributed by atoms with Gasteiger partial charge in [-0.05, 0) is 39.0 Å². The second-order valence-corrected chi connectivity index (χ2v) is 7.88. The van der Waals surface area contributed by atoms with E-state index in [0.29, 0.717) is 15.8 Å². The maximum absolute atomic E-state index is 13.5. The standard InChI is InChI=1S/C20H23F3N6O3S/c1-5-32-19(31)29(33)14-7-12(20(21,22)23)6-13(8-14)25-18-24-9-15-17(26-18)28(11(2)3)10-16(30)27(15)4/h6-9,11,33H,5,10H2,1-4H3,(H,24,25,26). The minimum atomic E-state index is -4.68. The highest BCUT2D eigenvalue weighted by Crippen LogP contribution is 2.37. The maximum Gasteiger partial charge on any atom is 0.424 e. The monoisotopic (exact) mass is 484 g/mol. The second kappa shape index (κ2) is 9.33. The van der Waals surface area contributed by atoms with Gasteiger partial charge >= 0.3 is 12.3 Å². The fraction of sp³-hybridized carbons (Fsp3) is 0.400. The number of aromatic nitrogens is 2. The fourth-order valence-electron chi connectivity index (χ4n) is 3.15. The molecule has 0 bridgehead atoms. The Kier molecular flexibility index (Phi) is 6.91. The average Bonchev–Trinajstić information content (AvgIpc) is 2.74. The second-order valence-electron chi connectivity index (χ2n) is 7.48. The first-order valence-corrected chi connectivity index (χ1v) is 10.4. The van der Waals surface area contributed by atoms with Gasteiger partial charge in [0.2, 0.25) is 11.9 Å². The zero-order chi connectivity index (χ0) is 24.5. The molecule has 1 aliphatic rings. The number of thiol groups is 1. The largest absolute Gasteiger partial charge is 0.449 e. The number of anilines is 5. The molecule has 178 valence electrons. The Bertz CT molecular complexity index is 1070. The summed E-state index contributed by atoms with van der Waals surface area (Å²) in [6.07, 6.45) is -4.17. The van der Waals surface area contributed by atoms with Crippen LogP contribution in [0.2, 0.25) is 0 Å². The van der Waals surface area contributed by atoms with E-state index in [4.69, 9.17) is 4.74 Å².